The molecule has 326 valence electrons. The van der Waals surface area contributed by atoms with Crippen LogP contribution in [-0.4, -0.2) is 92.6 Å². The van der Waals surface area contributed by atoms with Crippen LogP contribution in [-0.2, 0) is 25.5 Å². The van der Waals surface area contributed by atoms with Crippen molar-refractivity contribution in [3.63, 3.8) is 0 Å². The first-order valence-corrected chi connectivity index (χ1v) is 22.2. The molecule has 14 nitrogen and oxygen atoms in total. The van der Waals surface area contributed by atoms with Gasteiger partial charge in [-0.25, -0.2) is 19.6 Å². The molecule has 2 saturated heterocycles. The highest BCUT2D eigenvalue weighted by atomic mass is 16.5. The first-order valence-electron chi connectivity index (χ1n) is 22.2. The fraction of sp³-hybridized carbons (Fsp3) is 0.500. The third kappa shape index (κ3) is 7.77. The zero-order valence-electron chi connectivity index (χ0n) is 36.5. The number of ether oxygens (including phenoxy) is 2. The number of fused-ring (bicyclic) bond motifs is 3. The van der Waals surface area contributed by atoms with E-state index in [4.69, 9.17) is 19.4 Å². The second-order valence-corrected chi connectivity index (χ2v) is 18.8. The van der Waals surface area contributed by atoms with Crippen molar-refractivity contribution < 1.29 is 28.7 Å². The van der Waals surface area contributed by atoms with Crippen LogP contribution in [0.3, 0.4) is 0 Å². The summed E-state index contributed by atoms with van der Waals surface area (Å²) in [6, 6.07) is 13.6. The molecule has 1 spiro atoms. The number of imidazole rings is 2. The van der Waals surface area contributed by atoms with Crippen molar-refractivity contribution >= 4 is 35.6 Å². The van der Waals surface area contributed by atoms with Crippen molar-refractivity contribution in [2.45, 2.75) is 109 Å². The smallest absolute Gasteiger partial charge is 0.407 e. The number of nitrogens with zero attached hydrogens (tertiary/aromatic N) is 4. The Balaban J connectivity index is 0.882. The molecule has 2 saturated carbocycles. The average molecular weight is 843 g/mol. The SMILES string of the molecule is COC(=O)N[C@H](C(=O)N1CC2(CC2)C[C@H]1c1ncc(-c2ccc(-c3ccc4c(c3)CCC(c3cnc([C@@H]5[C@H]6CC[C@H](C6)N5C(=O)[C@@H](NC(=O)OC)C(C)C)[nH]3)=C4)cc2)[nH]1)C(C)C. The van der Waals surface area contributed by atoms with E-state index in [1.165, 1.54) is 30.9 Å². The van der Waals surface area contributed by atoms with E-state index >= 15 is 0 Å². The van der Waals surface area contributed by atoms with Crippen molar-refractivity contribution in [1.82, 2.24) is 40.4 Å². The normalized spacial score (nSPS) is 23.0. The van der Waals surface area contributed by atoms with Gasteiger partial charge in [0, 0.05) is 12.6 Å². The van der Waals surface area contributed by atoms with Gasteiger partial charge in [-0.2, -0.15) is 0 Å². The largest absolute Gasteiger partial charge is 0.453 e. The van der Waals surface area contributed by atoms with Crippen molar-refractivity contribution in [2.24, 2.45) is 23.2 Å². The van der Waals surface area contributed by atoms with Crippen LogP contribution in [0.2, 0.25) is 0 Å². The number of hydrogen-bond donors (Lipinski definition) is 4. The molecule has 5 aliphatic rings. The Labute approximate surface area is 362 Å². The van der Waals surface area contributed by atoms with Crippen LogP contribution in [0.25, 0.3) is 34.0 Å². The van der Waals surface area contributed by atoms with Gasteiger partial charge in [-0.05, 0) is 114 Å². The molecule has 4 aromatic rings. The van der Waals surface area contributed by atoms with Crippen molar-refractivity contribution in [2.75, 3.05) is 20.8 Å². The number of amides is 4. The molecule has 6 atom stereocenters. The maximum absolute atomic E-state index is 14.0. The van der Waals surface area contributed by atoms with Crippen LogP contribution in [0.15, 0.2) is 54.9 Å². The minimum atomic E-state index is -0.682. The number of nitrogens with one attached hydrogen (secondary N) is 4. The lowest BCUT2D eigenvalue weighted by atomic mass is 9.88. The highest BCUT2D eigenvalue weighted by Crippen LogP contribution is 2.58. The summed E-state index contributed by atoms with van der Waals surface area (Å²) in [5.74, 6) is 1.53. The standard InChI is InChI=1S/C48H58N8O6/c1-26(2)39(53-46(59)61-5)44(57)55-25-48(17-18-48)22-38(55)42-49-23-36(51-42)29-9-7-28(8-10-29)30-11-12-32-20-33(14-13-31(32)19-30)37-24-50-43(52-37)41-34-15-16-35(21-34)56(41)45(58)40(27(3)4)54-47(60)62-6/h7-12,19-20,23-24,26-27,34-35,38-41H,13-18,21-22,25H2,1-6H3,(H,49,51)(H,50,52)(H,53,59)(H,54,60)/t34-,35+,38-,39-,40-,41-/m0/s1. The topological polar surface area (TPSA) is 175 Å². The summed E-state index contributed by atoms with van der Waals surface area (Å²) in [6.07, 6.45) is 12.6. The van der Waals surface area contributed by atoms with E-state index in [1.54, 1.807) is 0 Å². The lowest BCUT2D eigenvalue weighted by molar-refractivity contribution is -0.139. The van der Waals surface area contributed by atoms with Gasteiger partial charge in [-0.15, -0.1) is 0 Å². The fourth-order valence-electron chi connectivity index (χ4n) is 10.5. The molecule has 0 unspecified atom stereocenters. The summed E-state index contributed by atoms with van der Waals surface area (Å²) in [5.41, 5.74) is 8.95. The van der Waals surface area contributed by atoms with Gasteiger partial charge < -0.3 is 39.9 Å². The number of aromatic amines is 2. The molecule has 2 aliphatic heterocycles. The first kappa shape index (κ1) is 41.4. The van der Waals surface area contributed by atoms with Crippen LogP contribution < -0.4 is 10.6 Å². The van der Waals surface area contributed by atoms with Gasteiger partial charge in [0.15, 0.2) is 0 Å². The molecule has 0 radical (unpaired) electrons. The van der Waals surface area contributed by atoms with E-state index in [9.17, 15) is 19.2 Å². The van der Waals surface area contributed by atoms with Gasteiger partial charge in [-0.3, -0.25) is 9.59 Å². The molecular formula is C48H58N8O6. The number of alkyl carbamates (subject to hydrolysis) is 2. The minimum Gasteiger partial charge on any atom is -0.453 e. The highest BCUT2D eigenvalue weighted by molar-refractivity contribution is 5.88. The summed E-state index contributed by atoms with van der Waals surface area (Å²) >= 11 is 0. The lowest BCUT2D eigenvalue weighted by Crippen LogP contribution is -2.54. The molecule has 62 heavy (non-hydrogen) atoms. The van der Waals surface area contributed by atoms with Crippen molar-refractivity contribution in [1.29, 1.82) is 0 Å². The molecule has 9 rings (SSSR count). The van der Waals surface area contributed by atoms with Gasteiger partial charge in [0.05, 0.1) is 50.1 Å². The summed E-state index contributed by atoms with van der Waals surface area (Å²) in [7, 11) is 2.62. The Bertz CT molecular complexity index is 2390. The monoisotopic (exact) mass is 842 g/mol. The third-order valence-corrected chi connectivity index (χ3v) is 14.2. The molecule has 14 heteroatoms. The van der Waals surface area contributed by atoms with E-state index in [0.717, 1.165) is 91.1 Å². The Kier molecular flexibility index (Phi) is 11.0. The van der Waals surface area contributed by atoms with Crippen molar-refractivity contribution in [3.05, 3.63) is 83.3 Å². The van der Waals surface area contributed by atoms with E-state index < -0.39 is 24.3 Å². The molecular weight excluding hydrogens is 785 g/mol. The number of rotatable bonds is 11. The van der Waals surface area contributed by atoms with Gasteiger partial charge >= 0.3 is 12.2 Å². The number of hydrogen-bond acceptors (Lipinski definition) is 8. The molecule has 2 aromatic heterocycles. The molecule has 4 fully saturated rings. The van der Waals surface area contributed by atoms with Crippen LogP contribution in [0, 0.1) is 23.2 Å². The highest BCUT2D eigenvalue weighted by Gasteiger charge is 2.55. The third-order valence-electron chi connectivity index (χ3n) is 14.2. The van der Waals surface area contributed by atoms with Crippen LogP contribution in [0.4, 0.5) is 9.59 Å². The number of allylic oxidation sites excluding steroid dienone is 1. The Morgan fingerprint density at radius 1 is 0.774 bits per heavy atom. The number of H-pyrrole nitrogens is 2. The van der Waals surface area contributed by atoms with Crippen molar-refractivity contribution in [3.8, 4) is 22.4 Å². The van der Waals surface area contributed by atoms with Gasteiger partial charge in [0.25, 0.3) is 0 Å². The number of aryl methyl sites for hydroxylation is 1. The number of piperidine rings is 1. The second-order valence-electron chi connectivity index (χ2n) is 18.8. The quantitative estimate of drug-likeness (QED) is 0.118. The lowest BCUT2D eigenvalue weighted by Gasteiger charge is -2.37. The number of aromatic nitrogens is 4. The van der Waals surface area contributed by atoms with Crippen LogP contribution >= 0.6 is 0 Å². The predicted molar refractivity (Wildman–Crippen MR) is 234 cm³/mol. The second kappa shape index (κ2) is 16.4. The number of carbonyl (C=O) groups excluding carboxylic acids is 4. The Morgan fingerprint density at radius 2 is 1.40 bits per heavy atom. The number of benzene rings is 2. The van der Waals surface area contributed by atoms with E-state index in [2.05, 4.69) is 69.1 Å². The van der Waals surface area contributed by atoms with Crippen LogP contribution in [0.5, 0.6) is 0 Å². The fourth-order valence-corrected chi connectivity index (χ4v) is 10.5. The van der Waals surface area contributed by atoms with E-state index in [0.29, 0.717) is 12.5 Å². The maximum atomic E-state index is 14.0. The zero-order valence-corrected chi connectivity index (χ0v) is 36.5. The molecule has 4 N–H and O–H groups in total. The molecule has 2 bridgehead atoms. The number of likely N-dealkylation sites (tertiary alicyclic amines) is 2. The Morgan fingerprint density at radius 3 is 2.08 bits per heavy atom. The summed E-state index contributed by atoms with van der Waals surface area (Å²) in [5, 5.41) is 5.53. The van der Waals surface area contributed by atoms with Gasteiger partial charge in [0.2, 0.25) is 11.8 Å². The minimum absolute atomic E-state index is 0.0765. The molecule has 2 aromatic carbocycles. The molecule has 4 heterocycles. The van der Waals surface area contributed by atoms with E-state index in [-0.39, 0.29) is 47.2 Å². The first-order chi connectivity index (χ1) is 29.8. The molecule has 3 aliphatic carbocycles. The number of methoxy groups -OCH3 is 2. The average Bonchev–Trinajstić information content (AvgIpc) is 3.91. The summed E-state index contributed by atoms with van der Waals surface area (Å²) in [6.45, 7) is 8.40. The Hall–Kier alpha value is -5.92. The van der Waals surface area contributed by atoms with E-state index in [1.807, 2.05) is 49.9 Å². The predicted octanol–water partition coefficient (Wildman–Crippen LogP) is 7.82. The summed E-state index contributed by atoms with van der Waals surface area (Å²) in [4.78, 5) is 72.9. The zero-order chi connectivity index (χ0) is 43.4. The van der Waals surface area contributed by atoms with Gasteiger partial charge in [0.1, 0.15) is 23.7 Å². The van der Waals surface area contributed by atoms with Crippen LogP contribution in [0.1, 0.15) is 113 Å². The maximum Gasteiger partial charge on any atom is 0.407 e. The molecule has 4 amide bonds. The number of carbonyl (C=O) groups is 4. The van der Waals surface area contributed by atoms with Gasteiger partial charge in [-0.1, -0.05) is 70.2 Å². The summed E-state index contributed by atoms with van der Waals surface area (Å²) < 4.78 is 9.66.